The summed E-state index contributed by atoms with van der Waals surface area (Å²) in [7, 11) is 1.42. The van der Waals surface area contributed by atoms with E-state index in [1.165, 1.54) is 18.1 Å². The number of hydrogen-bond acceptors (Lipinski definition) is 3. The van der Waals surface area contributed by atoms with E-state index in [0.717, 1.165) is 10.5 Å². The monoisotopic (exact) mass is 310 g/mol. The highest BCUT2D eigenvalue weighted by atomic mass is 19.1. The first-order chi connectivity index (χ1) is 10.5. The van der Waals surface area contributed by atoms with E-state index in [0.29, 0.717) is 26.2 Å². The van der Waals surface area contributed by atoms with Gasteiger partial charge in [0.05, 0.1) is 13.7 Å². The molecule has 1 aliphatic rings. The number of ether oxygens (including phenoxy) is 1. The number of carbonyl (C=O) groups is 2. The van der Waals surface area contributed by atoms with Crippen LogP contribution in [0, 0.1) is 5.82 Å². The quantitative estimate of drug-likeness (QED) is 0.764. The number of benzene rings is 1. The molecule has 1 saturated heterocycles. The van der Waals surface area contributed by atoms with Gasteiger partial charge in [-0.1, -0.05) is 0 Å². The van der Waals surface area contributed by atoms with Crippen molar-refractivity contribution in [3.63, 3.8) is 0 Å². The van der Waals surface area contributed by atoms with Gasteiger partial charge in [-0.05, 0) is 25.1 Å². The van der Waals surface area contributed by atoms with Gasteiger partial charge in [0.25, 0.3) is 5.91 Å². The minimum absolute atomic E-state index is 0.201. The summed E-state index contributed by atoms with van der Waals surface area (Å²) >= 11 is 0. The molecule has 1 aliphatic heterocycles. The zero-order valence-electron chi connectivity index (χ0n) is 12.8. The van der Waals surface area contributed by atoms with Crippen molar-refractivity contribution in [2.24, 2.45) is 0 Å². The number of carbonyl (C=O) groups excluding carboxylic acids is 2. The number of quaternary nitrogens is 1. The van der Waals surface area contributed by atoms with Crippen LogP contribution in [0.3, 0.4) is 0 Å². The molecule has 7 heteroatoms. The SMILES string of the molecule is CC[NH+](CC(=O)N1CCNC1=O)Cc1ccc(OC)c(F)c1. The highest BCUT2D eigenvalue weighted by molar-refractivity contribution is 5.96. The lowest BCUT2D eigenvalue weighted by atomic mass is 10.2. The van der Waals surface area contributed by atoms with Crippen molar-refractivity contribution in [2.45, 2.75) is 13.5 Å². The zero-order valence-corrected chi connectivity index (χ0v) is 12.8. The summed E-state index contributed by atoms with van der Waals surface area (Å²) in [6.45, 7) is 4.28. The van der Waals surface area contributed by atoms with Crippen molar-refractivity contribution in [3.05, 3.63) is 29.6 Å². The molecule has 1 atom stereocenters. The zero-order chi connectivity index (χ0) is 16.1. The highest BCUT2D eigenvalue weighted by Crippen LogP contribution is 2.17. The largest absolute Gasteiger partial charge is 0.494 e. The van der Waals surface area contributed by atoms with Crippen LogP contribution in [0.4, 0.5) is 9.18 Å². The standard InChI is InChI=1S/C15H20FN3O3/c1-3-18(10-14(20)19-7-6-17-15(19)21)9-11-4-5-13(22-2)12(16)8-11/h4-5,8H,3,6-7,9-10H2,1-2H3,(H,17,21)/p+1. The molecule has 1 aromatic rings. The average Bonchev–Trinajstić information content (AvgIpc) is 2.93. The van der Waals surface area contributed by atoms with E-state index in [2.05, 4.69) is 5.32 Å². The van der Waals surface area contributed by atoms with E-state index < -0.39 is 5.82 Å². The average molecular weight is 310 g/mol. The summed E-state index contributed by atoms with van der Waals surface area (Å²) in [4.78, 5) is 25.8. The van der Waals surface area contributed by atoms with E-state index in [-0.39, 0.29) is 24.2 Å². The van der Waals surface area contributed by atoms with Gasteiger partial charge in [-0.25, -0.2) is 9.18 Å². The number of halogens is 1. The fourth-order valence-electron chi connectivity index (χ4n) is 2.44. The molecule has 6 nitrogen and oxygen atoms in total. The minimum Gasteiger partial charge on any atom is -0.494 e. The van der Waals surface area contributed by atoms with Crippen LogP contribution in [0.5, 0.6) is 5.75 Å². The number of rotatable bonds is 6. The molecule has 1 unspecified atom stereocenters. The van der Waals surface area contributed by atoms with Gasteiger partial charge in [0.2, 0.25) is 0 Å². The second-order valence-corrected chi connectivity index (χ2v) is 5.20. The van der Waals surface area contributed by atoms with Crippen LogP contribution < -0.4 is 15.0 Å². The van der Waals surface area contributed by atoms with Crippen LogP contribution in [-0.4, -0.2) is 50.1 Å². The highest BCUT2D eigenvalue weighted by Gasteiger charge is 2.28. The number of likely N-dealkylation sites (N-methyl/N-ethyl adjacent to an activating group) is 1. The van der Waals surface area contributed by atoms with Gasteiger partial charge in [-0.15, -0.1) is 0 Å². The van der Waals surface area contributed by atoms with Crippen LogP contribution in [0.1, 0.15) is 12.5 Å². The van der Waals surface area contributed by atoms with Gasteiger partial charge in [0.1, 0.15) is 6.54 Å². The molecule has 1 aromatic carbocycles. The van der Waals surface area contributed by atoms with Gasteiger partial charge >= 0.3 is 6.03 Å². The summed E-state index contributed by atoms with van der Waals surface area (Å²) < 4.78 is 18.6. The molecule has 0 aliphatic carbocycles. The summed E-state index contributed by atoms with van der Waals surface area (Å²) in [5.74, 6) is -0.423. The number of urea groups is 1. The lowest BCUT2D eigenvalue weighted by molar-refractivity contribution is -0.904. The topological polar surface area (TPSA) is 63.1 Å². The van der Waals surface area contributed by atoms with Crippen molar-refractivity contribution in [3.8, 4) is 5.75 Å². The Morgan fingerprint density at radius 1 is 1.50 bits per heavy atom. The van der Waals surface area contributed by atoms with Gasteiger partial charge < -0.3 is 15.0 Å². The normalized spacial score (nSPS) is 15.6. The third-order valence-corrected chi connectivity index (χ3v) is 3.73. The lowest BCUT2D eigenvalue weighted by Gasteiger charge is -2.20. The second-order valence-electron chi connectivity index (χ2n) is 5.20. The molecule has 2 N–H and O–H groups in total. The van der Waals surface area contributed by atoms with Crippen molar-refractivity contribution >= 4 is 11.9 Å². The Morgan fingerprint density at radius 2 is 2.27 bits per heavy atom. The smallest absolute Gasteiger partial charge is 0.324 e. The van der Waals surface area contributed by atoms with E-state index in [1.807, 2.05) is 6.92 Å². The maximum absolute atomic E-state index is 13.7. The number of hydrogen-bond donors (Lipinski definition) is 2. The number of methoxy groups -OCH3 is 1. The molecule has 0 radical (unpaired) electrons. The molecule has 0 spiro atoms. The van der Waals surface area contributed by atoms with Crippen LogP contribution in [-0.2, 0) is 11.3 Å². The third-order valence-electron chi connectivity index (χ3n) is 3.73. The fourth-order valence-corrected chi connectivity index (χ4v) is 2.44. The number of imide groups is 1. The van der Waals surface area contributed by atoms with Crippen LogP contribution >= 0.6 is 0 Å². The van der Waals surface area contributed by atoms with E-state index in [4.69, 9.17) is 4.74 Å². The molecule has 0 bridgehead atoms. The van der Waals surface area contributed by atoms with Crippen LogP contribution in [0.25, 0.3) is 0 Å². The summed E-state index contributed by atoms with van der Waals surface area (Å²) in [6.07, 6.45) is 0. The Bertz CT molecular complexity index is 565. The van der Waals surface area contributed by atoms with Gasteiger partial charge in [-0.3, -0.25) is 9.69 Å². The first kappa shape index (κ1) is 16.2. The predicted octanol–water partition coefficient (Wildman–Crippen LogP) is -0.209. The fraction of sp³-hybridized carbons (Fsp3) is 0.467. The maximum atomic E-state index is 13.7. The number of nitrogens with one attached hydrogen (secondary N) is 2. The van der Waals surface area contributed by atoms with Crippen molar-refractivity contribution in [2.75, 3.05) is 33.3 Å². The van der Waals surface area contributed by atoms with Gasteiger partial charge in [-0.2, -0.15) is 0 Å². The molecule has 2 rings (SSSR count). The Morgan fingerprint density at radius 3 is 2.82 bits per heavy atom. The maximum Gasteiger partial charge on any atom is 0.324 e. The summed E-state index contributed by atoms with van der Waals surface area (Å²) in [5.41, 5.74) is 0.786. The molecule has 1 heterocycles. The van der Waals surface area contributed by atoms with Crippen LogP contribution in [0.2, 0.25) is 0 Å². The van der Waals surface area contributed by atoms with Crippen molar-refractivity contribution in [1.29, 1.82) is 0 Å². The Balaban J connectivity index is 1.98. The molecule has 0 saturated carbocycles. The van der Waals surface area contributed by atoms with E-state index in [9.17, 15) is 14.0 Å². The van der Waals surface area contributed by atoms with Gasteiger partial charge in [0.15, 0.2) is 18.1 Å². The molecule has 1 fully saturated rings. The molecular weight excluding hydrogens is 289 g/mol. The van der Waals surface area contributed by atoms with E-state index >= 15 is 0 Å². The Kier molecular flexibility index (Phi) is 5.32. The van der Waals surface area contributed by atoms with Gasteiger partial charge in [0, 0.05) is 18.7 Å². The first-order valence-corrected chi connectivity index (χ1v) is 7.29. The Labute approximate surface area is 128 Å². The molecule has 22 heavy (non-hydrogen) atoms. The summed E-state index contributed by atoms with van der Waals surface area (Å²) in [5, 5.41) is 2.61. The molecule has 0 aromatic heterocycles. The predicted molar refractivity (Wildman–Crippen MR) is 78.1 cm³/mol. The third kappa shape index (κ3) is 3.73. The minimum atomic E-state index is -0.416. The van der Waals surface area contributed by atoms with Crippen molar-refractivity contribution in [1.82, 2.24) is 10.2 Å². The number of amides is 3. The molecular formula is C15H21FN3O3+. The van der Waals surface area contributed by atoms with E-state index in [1.54, 1.807) is 12.1 Å². The number of nitrogens with zero attached hydrogens (tertiary/aromatic N) is 1. The van der Waals surface area contributed by atoms with Crippen molar-refractivity contribution < 1.29 is 23.6 Å². The van der Waals surface area contributed by atoms with Crippen LogP contribution in [0.15, 0.2) is 18.2 Å². The summed E-state index contributed by atoms with van der Waals surface area (Å²) in [6, 6.07) is 4.44. The second kappa shape index (κ2) is 7.22. The molecule has 120 valence electrons. The molecule has 3 amide bonds. The Hall–Kier alpha value is -2.15. The lowest BCUT2D eigenvalue weighted by Crippen LogP contribution is -3.11. The first-order valence-electron chi connectivity index (χ1n) is 7.29.